The van der Waals surface area contributed by atoms with E-state index in [9.17, 15) is 4.79 Å². The molecule has 0 bridgehead atoms. The minimum Gasteiger partial charge on any atom is -0.497 e. The Morgan fingerprint density at radius 2 is 2.17 bits per heavy atom. The molecule has 0 amide bonds. The van der Waals surface area contributed by atoms with Gasteiger partial charge < -0.3 is 14.8 Å². The van der Waals surface area contributed by atoms with Crippen molar-refractivity contribution in [2.75, 3.05) is 20.2 Å². The summed E-state index contributed by atoms with van der Waals surface area (Å²) in [6.45, 7) is 3.36. The summed E-state index contributed by atoms with van der Waals surface area (Å²) in [6, 6.07) is 5.72. The number of hydrogen-bond donors (Lipinski definition) is 1. The van der Waals surface area contributed by atoms with Crippen molar-refractivity contribution >= 4 is 17.4 Å². The molecular weight excluding hydrogens is 250 g/mol. The predicted molar refractivity (Wildman–Crippen MR) is 74.5 cm³/mol. The van der Waals surface area contributed by atoms with Crippen molar-refractivity contribution in [2.45, 2.75) is 26.2 Å². The van der Waals surface area contributed by atoms with Crippen LogP contribution in [0.2, 0.25) is 5.02 Å². The Hall–Kier alpha value is -1.06. The molecule has 1 aromatic carbocycles. The largest absolute Gasteiger partial charge is 0.497 e. The van der Waals surface area contributed by atoms with E-state index in [2.05, 4.69) is 5.32 Å². The van der Waals surface area contributed by atoms with E-state index in [1.54, 1.807) is 14.0 Å². The van der Waals surface area contributed by atoms with E-state index >= 15 is 0 Å². The first-order chi connectivity index (χ1) is 8.63. The molecule has 0 spiro atoms. The minimum absolute atomic E-state index is 0.245. The van der Waals surface area contributed by atoms with E-state index in [0.29, 0.717) is 6.42 Å². The molecule has 3 nitrogen and oxygen atoms in total. The molecule has 0 aromatic heterocycles. The SMILES string of the molecule is COc1ccc(CCNCCCC(C)=O)c(Cl)c1. The Morgan fingerprint density at radius 1 is 1.39 bits per heavy atom. The van der Waals surface area contributed by atoms with E-state index in [1.807, 2.05) is 18.2 Å². The molecule has 0 aliphatic carbocycles. The van der Waals surface area contributed by atoms with E-state index in [0.717, 1.165) is 42.3 Å². The molecule has 0 saturated heterocycles. The molecule has 1 N–H and O–H groups in total. The summed E-state index contributed by atoms with van der Waals surface area (Å²) in [5, 5.41) is 4.04. The summed E-state index contributed by atoms with van der Waals surface area (Å²) in [4.78, 5) is 10.7. The zero-order chi connectivity index (χ0) is 13.4. The van der Waals surface area contributed by atoms with E-state index in [-0.39, 0.29) is 5.78 Å². The van der Waals surface area contributed by atoms with Crippen LogP contribution in [0.15, 0.2) is 18.2 Å². The fourth-order valence-corrected chi connectivity index (χ4v) is 1.93. The van der Waals surface area contributed by atoms with Crippen LogP contribution in [0.25, 0.3) is 0 Å². The number of rotatable bonds is 8. The smallest absolute Gasteiger partial charge is 0.129 e. The third-order valence-electron chi connectivity index (χ3n) is 2.71. The van der Waals surface area contributed by atoms with Crippen molar-refractivity contribution in [3.05, 3.63) is 28.8 Å². The zero-order valence-corrected chi connectivity index (χ0v) is 11.7. The van der Waals surface area contributed by atoms with Crippen LogP contribution in [0.4, 0.5) is 0 Å². The first kappa shape index (κ1) is 15.0. The quantitative estimate of drug-likeness (QED) is 0.738. The second kappa shape index (κ2) is 8.11. The summed E-state index contributed by atoms with van der Waals surface area (Å²) < 4.78 is 5.10. The van der Waals surface area contributed by atoms with Crippen molar-refractivity contribution in [1.82, 2.24) is 5.32 Å². The van der Waals surface area contributed by atoms with Gasteiger partial charge in [-0.15, -0.1) is 0 Å². The highest BCUT2D eigenvalue weighted by Crippen LogP contribution is 2.22. The number of ether oxygens (including phenoxy) is 1. The molecule has 0 unspecified atom stereocenters. The van der Waals surface area contributed by atoms with Gasteiger partial charge in [-0.05, 0) is 50.6 Å². The highest BCUT2D eigenvalue weighted by molar-refractivity contribution is 6.31. The summed E-state index contributed by atoms with van der Waals surface area (Å²) >= 11 is 6.14. The fourth-order valence-electron chi connectivity index (χ4n) is 1.67. The predicted octanol–water partition coefficient (Wildman–Crippen LogP) is 2.85. The number of halogens is 1. The molecule has 1 aromatic rings. The molecule has 0 aliphatic rings. The van der Waals surface area contributed by atoms with Crippen molar-refractivity contribution in [2.24, 2.45) is 0 Å². The van der Waals surface area contributed by atoms with Gasteiger partial charge in [0.05, 0.1) is 7.11 Å². The number of Topliss-reactive ketones (excluding diaryl/α,β-unsaturated/α-hetero) is 1. The first-order valence-electron chi connectivity index (χ1n) is 6.16. The zero-order valence-electron chi connectivity index (χ0n) is 11.0. The Morgan fingerprint density at radius 3 is 2.78 bits per heavy atom. The van der Waals surface area contributed by atoms with Gasteiger partial charge in [0.2, 0.25) is 0 Å². The second-order valence-electron chi connectivity index (χ2n) is 4.26. The van der Waals surface area contributed by atoms with E-state index in [4.69, 9.17) is 16.3 Å². The maximum Gasteiger partial charge on any atom is 0.129 e. The number of benzene rings is 1. The van der Waals surface area contributed by atoms with Gasteiger partial charge in [0.15, 0.2) is 0 Å². The Bertz CT molecular complexity index is 393. The molecule has 100 valence electrons. The van der Waals surface area contributed by atoms with Gasteiger partial charge in [-0.1, -0.05) is 17.7 Å². The second-order valence-corrected chi connectivity index (χ2v) is 4.67. The number of methoxy groups -OCH3 is 1. The normalized spacial score (nSPS) is 10.4. The molecule has 0 radical (unpaired) electrons. The third-order valence-corrected chi connectivity index (χ3v) is 3.07. The molecule has 0 fully saturated rings. The number of nitrogens with one attached hydrogen (secondary N) is 1. The molecule has 0 heterocycles. The highest BCUT2D eigenvalue weighted by atomic mass is 35.5. The van der Waals surface area contributed by atoms with Gasteiger partial charge in [-0.3, -0.25) is 0 Å². The van der Waals surface area contributed by atoms with Crippen LogP contribution in [-0.2, 0) is 11.2 Å². The topological polar surface area (TPSA) is 38.3 Å². The summed E-state index contributed by atoms with van der Waals surface area (Å²) in [7, 11) is 1.63. The minimum atomic E-state index is 0.245. The van der Waals surface area contributed by atoms with Crippen molar-refractivity contribution in [1.29, 1.82) is 0 Å². The number of hydrogen-bond acceptors (Lipinski definition) is 3. The van der Waals surface area contributed by atoms with E-state index < -0.39 is 0 Å². The van der Waals surface area contributed by atoms with Crippen LogP contribution in [-0.4, -0.2) is 26.0 Å². The molecule has 0 atom stereocenters. The molecule has 4 heteroatoms. The molecular formula is C14H20ClNO2. The molecule has 1 rings (SSSR count). The van der Waals surface area contributed by atoms with Crippen molar-refractivity contribution < 1.29 is 9.53 Å². The average Bonchev–Trinajstić information content (AvgIpc) is 2.34. The van der Waals surface area contributed by atoms with Crippen LogP contribution in [0.3, 0.4) is 0 Å². The number of ketones is 1. The van der Waals surface area contributed by atoms with Crippen molar-refractivity contribution in [3.63, 3.8) is 0 Å². The monoisotopic (exact) mass is 269 g/mol. The lowest BCUT2D eigenvalue weighted by molar-refractivity contribution is -0.117. The van der Waals surface area contributed by atoms with Crippen LogP contribution in [0, 0.1) is 0 Å². The van der Waals surface area contributed by atoms with Gasteiger partial charge in [-0.25, -0.2) is 0 Å². The van der Waals surface area contributed by atoms with E-state index in [1.165, 1.54) is 0 Å². The van der Waals surface area contributed by atoms with Gasteiger partial charge in [-0.2, -0.15) is 0 Å². The Balaban J connectivity index is 2.25. The molecule has 0 aliphatic heterocycles. The summed E-state index contributed by atoms with van der Waals surface area (Å²) in [6.07, 6.45) is 2.42. The summed E-state index contributed by atoms with van der Waals surface area (Å²) in [5.74, 6) is 1.02. The average molecular weight is 270 g/mol. The summed E-state index contributed by atoms with van der Waals surface area (Å²) in [5.41, 5.74) is 1.11. The van der Waals surface area contributed by atoms with Crippen molar-refractivity contribution in [3.8, 4) is 5.75 Å². The first-order valence-corrected chi connectivity index (χ1v) is 6.54. The Labute approximate surface area is 113 Å². The third kappa shape index (κ3) is 5.52. The van der Waals surface area contributed by atoms with Gasteiger partial charge in [0, 0.05) is 11.4 Å². The lowest BCUT2D eigenvalue weighted by Gasteiger charge is -2.07. The van der Waals surface area contributed by atoms with Crippen LogP contribution in [0.5, 0.6) is 5.75 Å². The van der Waals surface area contributed by atoms with Crippen LogP contribution >= 0.6 is 11.6 Å². The lowest BCUT2D eigenvalue weighted by atomic mass is 10.1. The lowest BCUT2D eigenvalue weighted by Crippen LogP contribution is -2.19. The maximum absolute atomic E-state index is 10.7. The van der Waals surface area contributed by atoms with Gasteiger partial charge in [0.1, 0.15) is 11.5 Å². The molecule has 0 saturated carbocycles. The standard InChI is InChI=1S/C14H20ClNO2/c1-11(17)4-3-8-16-9-7-12-5-6-13(18-2)10-14(12)15/h5-6,10,16H,3-4,7-9H2,1-2H3. The number of carbonyl (C=O) groups is 1. The fraction of sp³-hybridized carbons (Fsp3) is 0.500. The highest BCUT2D eigenvalue weighted by Gasteiger charge is 2.02. The molecule has 18 heavy (non-hydrogen) atoms. The van der Waals surface area contributed by atoms with Gasteiger partial charge in [0.25, 0.3) is 0 Å². The Kier molecular flexibility index (Phi) is 6.76. The number of carbonyl (C=O) groups excluding carboxylic acids is 1. The van der Waals surface area contributed by atoms with Crippen LogP contribution in [0.1, 0.15) is 25.3 Å². The van der Waals surface area contributed by atoms with Gasteiger partial charge >= 0.3 is 0 Å². The van der Waals surface area contributed by atoms with Crippen LogP contribution < -0.4 is 10.1 Å². The maximum atomic E-state index is 10.7.